The molecule has 0 saturated heterocycles. The van der Waals surface area contributed by atoms with Gasteiger partial charge in [0.05, 0.1) is 10.5 Å². The third-order valence-corrected chi connectivity index (χ3v) is 3.13. The maximum atomic E-state index is 12.3. The number of benzene rings is 1. The molecule has 0 fully saturated rings. The van der Waals surface area contributed by atoms with Crippen molar-refractivity contribution in [2.24, 2.45) is 0 Å². The monoisotopic (exact) mass is 290 g/mol. The zero-order valence-electron chi connectivity index (χ0n) is 12.8. The molecule has 0 atom stereocenters. The van der Waals surface area contributed by atoms with Crippen molar-refractivity contribution in [2.45, 2.75) is 32.6 Å². The van der Waals surface area contributed by atoms with Crippen LogP contribution in [0.3, 0.4) is 0 Å². The highest BCUT2D eigenvalue weighted by Crippen LogP contribution is 2.25. The topological polar surface area (TPSA) is 63.4 Å². The molecule has 0 radical (unpaired) electrons. The normalized spacial score (nSPS) is 10.8. The second-order valence-electron chi connectivity index (χ2n) is 5.16. The average molecular weight is 290 g/mol. The van der Waals surface area contributed by atoms with E-state index in [0.717, 1.165) is 19.3 Å². The number of nitro groups is 1. The number of nitro benzene ring substituents is 1. The van der Waals surface area contributed by atoms with Crippen molar-refractivity contribution in [1.29, 1.82) is 0 Å². The van der Waals surface area contributed by atoms with E-state index in [2.05, 4.69) is 6.92 Å². The Kier molecular flexibility index (Phi) is 6.59. The highest BCUT2D eigenvalue weighted by atomic mass is 16.6. The standard InChI is InChI=1S/C16H22N2O3/c1-4-5-6-10-16(19)14-8-7-9-15(18(20)21)13(14)11-12-17(2)3/h7-9,11-12H,4-6,10H2,1-3H3/b12-11+. The molecule has 0 aliphatic rings. The Morgan fingerprint density at radius 2 is 2.05 bits per heavy atom. The fraction of sp³-hybridized carbons (Fsp3) is 0.438. The Hall–Kier alpha value is -2.17. The summed E-state index contributed by atoms with van der Waals surface area (Å²) >= 11 is 0. The molecule has 0 heterocycles. The number of carbonyl (C=O) groups is 1. The fourth-order valence-corrected chi connectivity index (χ4v) is 2.02. The predicted octanol–water partition coefficient (Wildman–Crippen LogP) is 3.89. The van der Waals surface area contributed by atoms with Gasteiger partial charge in [-0.15, -0.1) is 0 Å². The van der Waals surface area contributed by atoms with Crippen molar-refractivity contribution in [3.05, 3.63) is 45.6 Å². The molecule has 5 heteroatoms. The van der Waals surface area contributed by atoms with Gasteiger partial charge in [0.2, 0.25) is 0 Å². The number of Topliss-reactive ketones (excluding diaryl/α,β-unsaturated/α-hetero) is 1. The Bertz CT molecular complexity index is 536. The van der Waals surface area contributed by atoms with Crippen LogP contribution in [0, 0.1) is 10.1 Å². The molecule has 0 N–H and O–H groups in total. The van der Waals surface area contributed by atoms with Gasteiger partial charge in [0.15, 0.2) is 5.78 Å². The number of ketones is 1. The van der Waals surface area contributed by atoms with Crippen molar-refractivity contribution in [3.63, 3.8) is 0 Å². The first-order valence-corrected chi connectivity index (χ1v) is 7.12. The van der Waals surface area contributed by atoms with E-state index in [1.807, 2.05) is 14.1 Å². The molecule has 21 heavy (non-hydrogen) atoms. The summed E-state index contributed by atoms with van der Waals surface area (Å²) in [7, 11) is 3.65. The summed E-state index contributed by atoms with van der Waals surface area (Å²) in [6.45, 7) is 2.07. The molecule has 1 aromatic rings. The minimum Gasteiger partial charge on any atom is -0.383 e. The van der Waals surface area contributed by atoms with E-state index in [0.29, 0.717) is 17.5 Å². The third kappa shape index (κ3) is 5.02. The molecule has 1 rings (SSSR count). The number of hydrogen-bond acceptors (Lipinski definition) is 4. The van der Waals surface area contributed by atoms with Crippen LogP contribution in [-0.2, 0) is 0 Å². The molecule has 0 spiro atoms. The summed E-state index contributed by atoms with van der Waals surface area (Å²) in [5.74, 6) is -0.0365. The Balaban J connectivity index is 3.15. The number of carbonyl (C=O) groups excluding carboxylic acids is 1. The predicted molar refractivity (Wildman–Crippen MR) is 84.3 cm³/mol. The lowest BCUT2D eigenvalue weighted by Crippen LogP contribution is -2.06. The average Bonchev–Trinajstić information content (AvgIpc) is 2.44. The van der Waals surface area contributed by atoms with Crippen molar-refractivity contribution in [3.8, 4) is 0 Å². The summed E-state index contributed by atoms with van der Waals surface area (Å²) in [6, 6.07) is 4.66. The first-order chi connectivity index (χ1) is 9.97. The van der Waals surface area contributed by atoms with Crippen LogP contribution in [0.25, 0.3) is 6.08 Å². The van der Waals surface area contributed by atoms with Crippen LogP contribution in [0.1, 0.15) is 48.5 Å². The van der Waals surface area contributed by atoms with Crippen molar-refractivity contribution in [2.75, 3.05) is 14.1 Å². The van der Waals surface area contributed by atoms with Crippen LogP contribution in [-0.4, -0.2) is 29.7 Å². The molecule has 0 aliphatic heterocycles. The quantitative estimate of drug-likeness (QED) is 0.315. The molecule has 0 saturated carbocycles. The highest BCUT2D eigenvalue weighted by molar-refractivity contribution is 6.00. The van der Waals surface area contributed by atoms with Gasteiger partial charge in [0.1, 0.15) is 0 Å². The summed E-state index contributed by atoms with van der Waals surface area (Å²) in [4.78, 5) is 24.8. The van der Waals surface area contributed by atoms with E-state index in [1.54, 1.807) is 29.3 Å². The zero-order chi connectivity index (χ0) is 15.8. The largest absolute Gasteiger partial charge is 0.383 e. The van der Waals surface area contributed by atoms with Crippen LogP contribution in [0.5, 0.6) is 0 Å². The molecule has 114 valence electrons. The van der Waals surface area contributed by atoms with Crippen LogP contribution in [0.4, 0.5) is 5.69 Å². The SMILES string of the molecule is CCCCCC(=O)c1cccc([N+](=O)[O-])c1/C=C/N(C)C. The maximum Gasteiger partial charge on any atom is 0.277 e. The molecule has 0 bridgehead atoms. The van der Waals surface area contributed by atoms with E-state index in [1.165, 1.54) is 6.07 Å². The fourth-order valence-electron chi connectivity index (χ4n) is 2.02. The van der Waals surface area contributed by atoms with Gasteiger partial charge >= 0.3 is 0 Å². The lowest BCUT2D eigenvalue weighted by atomic mass is 9.98. The summed E-state index contributed by atoms with van der Waals surface area (Å²) in [6.07, 6.45) is 6.61. The highest BCUT2D eigenvalue weighted by Gasteiger charge is 2.19. The van der Waals surface area contributed by atoms with Crippen LogP contribution in [0.2, 0.25) is 0 Å². The number of hydrogen-bond donors (Lipinski definition) is 0. The van der Waals surface area contributed by atoms with Crippen molar-refractivity contribution in [1.82, 2.24) is 4.90 Å². The second-order valence-corrected chi connectivity index (χ2v) is 5.16. The molecule has 0 aliphatic carbocycles. The van der Waals surface area contributed by atoms with Gasteiger partial charge in [-0.1, -0.05) is 31.9 Å². The molecular weight excluding hydrogens is 268 g/mol. The van der Waals surface area contributed by atoms with E-state index in [-0.39, 0.29) is 11.5 Å². The van der Waals surface area contributed by atoms with Gasteiger partial charge in [-0.3, -0.25) is 14.9 Å². The lowest BCUT2D eigenvalue weighted by Gasteiger charge is -2.08. The lowest BCUT2D eigenvalue weighted by molar-refractivity contribution is -0.385. The zero-order valence-corrected chi connectivity index (χ0v) is 12.8. The third-order valence-electron chi connectivity index (χ3n) is 3.13. The minimum atomic E-state index is -0.446. The number of nitrogens with zero attached hydrogens (tertiary/aromatic N) is 2. The van der Waals surface area contributed by atoms with E-state index in [4.69, 9.17) is 0 Å². The Labute approximate surface area is 125 Å². The van der Waals surface area contributed by atoms with Gasteiger partial charge in [0.25, 0.3) is 5.69 Å². The van der Waals surface area contributed by atoms with Gasteiger partial charge in [-0.05, 0) is 18.7 Å². The van der Waals surface area contributed by atoms with Crippen LogP contribution in [0.15, 0.2) is 24.4 Å². The molecular formula is C16H22N2O3. The minimum absolute atomic E-state index is 0.0329. The van der Waals surface area contributed by atoms with E-state index in [9.17, 15) is 14.9 Å². The Morgan fingerprint density at radius 1 is 1.33 bits per heavy atom. The van der Waals surface area contributed by atoms with E-state index >= 15 is 0 Å². The second kappa shape index (κ2) is 8.19. The summed E-state index contributed by atoms with van der Waals surface area (Å²) in [5, 5.41) is 11.1. The number of unbranched alkanes of at least 4 members (excludes halogenated alkanes) is 2. The number of rotatable bonds is 8. The molecule has 0 aromatic heterocycles. The smallest absolute Gasteiger partial charge is 0.277 e. The van der Waals surface area contributed by atoms with Crippen LogP contribution >= 0.6 is 0 Å². The molecule has 5 nitrogen and oxygen atoms in total. The molecule has 0 unspecified atom stereocenters. The summed E-state index contributed by atoms with van der Waals surface area (Å²) in [5.41, 5.74) is 0.783. The molecule has 1 aromatic carbocycles. The van der Waals surface area contributed by atoms with Crippen LogP contribution < -0.4 is 0 Å². The van der Waals surface area contributed by atoms with Crippen molar-refractivity contribution < 1.29 is 9.72 Å². The van der Waals surface area contributed by atoms with E-state index < -0.39 is 4.92 Å². The van der Waals surface area contributed by atoms with Gasteiger partial charge in [0, 0.05) is 32.1 Å². The van der Waals surface area contributed by atoms with Gasteiger partial charge in [-0.2, -0.15) is 0 Å². The van der Waals surface area contributed by atoms with Crippen molar-refractivity contribution >= 4 is 17.5 Å². The van der Waals surface area contributed by atoms with Gasteiger partial charge < -0.3 is 4.90 Å². The Morgan fingerprint density at radius 3 is 2.62 bits per heavy atom. The molecule has 0 amide bonds. The maximum absolute atomic E-state index is 12.3. The first kappa shape index (κ1) is 16.9. The first-order valence-electron chi connectivity index (χ1n) is 7.12. The summed E-state index contributed by atoms with van der Waals surface area (Å²) < 4.78 is 0. The van der Waals surface area contributed by atoms with Gasteiger partial charge in [-0.25, -0.2) is 0 Å².